The average Bonchev–Trinajstić information content (AvgIpc) is 2.34. The molecule has 0 atom stereocenters. The highest BCUT2D eigenvalue weighted by Crippen LogP contribution is 2.11. The van der Waals surface area contributed by atoms with Crippen molar-refractivity contribution in [3.8, 4) is 0 Å². The van der Waals surface area contributed by atoms with Gasteiger partial charge in [0, 0.05) is 12.1 Å². The number of nitrogens with two attached hydrogens (primary N) is 1. The van der Waals surface area contributed by atoms with Gasteiger partial charge in [-0.05, 0) is 12.3 Å². The molecule has 0 aliphatic rings. The first-order valence-corrected chi connectivity index (χ1v) is 3.86. The van der Waals surface area contributed by atoms with Gasteiger partial charge in [-0.3, -0.25) is 0 Å². The van der Waals surface area contributed by atoms with Crippen molar-refractivity contribution in [3.05, 3.63) is 17.5 Å². The van der Waals surface area contributed by atoms with Crippen LogP contribution in [0.3, 0.4) is 0 Å². The third-order valence-electron chi connectivity index (χ3n) is 1.55. The average molecular weight is 154 g/mol. The van der Waals surface area contributed by atoms with Crippen molar-refractivity contribution in [3.63, 3.8) is 0 Å². The SMILES string of the molecule is CC(C)Cc1conc1CN. The fraction of sp³-hybridized carbons (Fsp3) is 0.625. The lowest BCUT2D eigenvalue weighted by molar-refractivity contribution is 0.411. The van der Waals surface area contributed by atoms with Crippen LogP contribution in [0.5, 0.6) is 0 Å². The Hall–Kier alpha value is -0.830. The van der Waals surface area contributed by atoms with Crippen molar-refractivity contribution in [1.29, 1.82) is 0 Å². The quantitative estimate of drug-likeness (QED) is 0.714. The van der Waals surface area contributed by atoms with Gasteiger partial charge in [-0.1, -0.05) is 19.0 Å². The van der Waals surface area contributed by atoms with E-state index in [1.165, 1.54) is 0 Å². The normalized spacial score (nSPS) is 10.9. The summed E-state index contributed by atoms with van der Waals surface area (Å²) in [4.78, 5) is 0. The second kappa shape index (κ2) is 3.53. The summed E-state index contributed by atoms with van der Waals surface area (Å²) in [5.74, 6) is 0.625. The Labute approximate surface area is 66.6 Å². The maximum absolute atomic E-state index is 5.45. The third kappa shape index (κ3) is 2.05. The van der Waals surface area contributed by atoms with E-state index in [4.69, 9.17) is 10.3 Å². The van der Waals surface area contributed by atoms with Gasteiger partial charge < -0.3 is 10.3 Å². The zero-order chi connectivity index (χ0) is 8.27. The van der Waals surface area contributed by atoms with Crippen LogP contribution in [0.4, 0.5) is 0 Å². The maximum atomic E-state index is 5.45. The molecule has 1 aromatic rings. The standard InChI is InChI=1S/C8H14N2O/c1-6(2)3-7-5-11-10-8(7)4-9/h5-6H,3-4,9H2,1-2H3. The van der Waals surface area contributed by atoms with Crippen LogP contribution >= 0.6 is 0 Å². The maximum Gasteiger partial charge on any atom is 0.127 e. The van der Waals surface area contributed by atoms with E-state index in [-0.39, 0.29) is 0 Å². The molecule has 0 fully saturated rings. The van der Waals surface area contributed by atoms with E-state index < -0.39 is 0 Å². The third-order valence-corrected chi connectivity index (χ3v) is 1.55. The molecule has 11 heavy (non-hydrogen) atoms. The van der Waals surface area contributed by atoms with Crippen molar-refractivity contribution < 1.29 is 4.52 Å². The van der Waals surface area contributed by atoms with Gasteiger partial charge in [0.25, 0.3) is 0 Å². The molecule has 0 radical (unpaired) electrons. The minimum atomic E-state index is 0.471. The Kier molecular flexibility index (Phi) is 2.65. The van der Waals surface area contributed by atoms with Gasteiger partial charge in [0.1, 0.15) is 12.0 Å². The Morgan fingerprint density at radius 3 is 2.91 bits per heavy atom. The number of hydrogen-bond acceptors (Lipinski definition) is 3. The zero-order valence-electron chi connectivity index (χ0n) is 7.00. The van der Waals surface area contributed by atoms with E-state index in [9.17, 15) is 0 Å². The van der Waals surface area contributed by atoms with Crippen molar-refractivity contribution >= 4 is 0 Å². The predicted molar refractivity (Wildman–Crippen MR) is 42.9 cm³/mol. The fourth-order valence-electron chi connectivity index (χ4n) is 1.05. The minimum Gasteiger partial charge on any atom is -0.364 e. The first kappa shape index (κ1) is 8.27. The van der Waals surface area contributed by atoms with Crippen LogP contribution in [-0.4, -0.2) is 5.16 Å². The van der Waals surface area contributed by atoms with E-state index in [1.54, 1.807) is 6.26 Å². The van der Waals surface area contributed by atoms with Gasteiger partial charge in [0.15, 0.2) is 0 Å². The Bertz CT molecular complexity index is 218. The topological polar surface area (TPSA) is 52.0 Å². The molecular weight excluding hydrogens is 140 g/mol. The van der Waals surface area contributed by atoms with Gasteiger partial charge in [0.05, 0.1) is 0 Å². The molecule has 2 N–H and O–H groups in total. The summed E-state index contributed by atoms with van der Waals surface area (Å²) in [5.41, 5.74) is 7.48. The smallest absolute Gasteiger partial charge is 0.127 e. The molecule has 0 aliphatic heterocycles. The molecule has 0 aliphatic carbocycles. The van der Waals surface area contributed by atoms with Crippen LogP contribution in [0.25, 0.3) is 0 Å². The van der Waals surface area contributed by atoms with Crippen LogP contribution in [-0.2, 0) is 13.0 Å². The van der Waals surface area contributed by atoms with Gasteiger partial charge in [0.2, 0.25) is 0 Å². The van der Waals surface area contributed by atoms with Crippen molar-refractivity contribution in [2.45, 2.75) is 26.8 Å². The molecule has 0 saturated carbocycles. The molecule has 0 aromatic carbocycles. The monoisotopic (exact) mass is 154 g/mol. The molecule has 3 heteroatoms. The Balaban J connectivity index is 2.68. The molecule has 0 spiro atoms. The van der Waals surface area contributed by atoms with Gasteiger partial charge >= 0.3 is 0 Å². The van der Waals surface area contributed by atoms with Crippen LogP contribution in [0.15, 0.2) is 10.8 Å². The zero-order valence-corrected chi connectivity index (χ0v) is 7.00. The van der Waals surface area contributed by atoms with E-state index >= 15 is 0 Å². The summed E-state index contributed by atoms with van der Waals surface area (Å²) >= 11 is 0. The first-order valence-electron chi connectivity index (χ1n) is 3.86. The molecule has 0 unspecified atom stereocenters. The van der Waals surface area contributed by atoms with Crippen molar-refractivity contribution in [2.75, 3.05) is 0 Å². The molecule has 1 rings (SSSR count). The van der Waals surface area contributed by atoms with Crippen molar-refractivity contribution in [2.24, 2.45) is 11.7 Å². The molecule has 62 valence electrons. The molecule has 1 heterocycles. The fourth-order valence-corrected chi connectivity index (χ4v) is 1.05. The van der Waals surface area contributed by atoms with Crippen LogP contribution in [0, 0.1) is 5.92 Å². The highest BCUT2D eigenvalue weighted by molar-refractivity contribution is 5.14. The Morgan fingerprint density at radius 2 is 2.36 bits per heavy atom. The van der Waals surface area contributed by atoms with Gasteiger partial charge in [-0.15, -0.1) is 0 Å². The second-order valence-electron chi connectivity index (χ2n) is 3.09. The summed E-state index contributed by atoms with van der Waals surface area (Å²) in [6.07, 6.45) is 2.68. The molecule has 0 saturated heterocycles. The highest BCUT2D eigenvalue weighted by Gasteiger charge is 2.06. The summed E-state index contributed by atoms with van der Waals surface area (Å²) in [6, 6.07) is 0. The van der Waals surface area contributed by atoms with Crippen LogP contribution in [0.1, 0.15) is 25.1 Å². The molecule has 0 amide bonds. The Morgan fingerprint density at radius 1 is 1.64 bits per heavy atom. The van der Waals surface area contributed by atoms with Gasteiger partial charge in [-0.25, -0.2) is 0 Å². The highest BCUT2D eigenvalue weighted by atomic mass is 16.5. The molecule has 1 aromatic heterocycles. The summed E-state index contributed by atoms with van der Waals surface area (Å²) in [5, 5.41) is 3.79. The molecule has 3 nitrogen and oxygen atoms in total. The summed E-state index contributed by atoms with van der Waals surface area (Å²) in [7, 11) is 0. The number of rotatable bonds is 3. The lowest BCUT2D eigenvalue weighted by Gasteiger charge is -2.01. The van der Waals surface area contributed by atoms with E-state index in [1.807, 2.05) is 0 Å². The van der Waals surface area contributed by atoms with E-state index in [2.05, 4.69) is 19.0 Å². The molecule has 0 bridgehead atoms. The lowest BCUT2D eigenvalue weighted by Crippen LogP contribution is -2.02. The lowest BCUT2D eigenvalue weighted by atomic mass is 10.0. The van der Waals surface area contributed by atoms with Crippen LogP contribution < -0.4 is 5.73 Å². The molecular formula is C8H14N2O. The minimum absolute atomic E-state index is 0.471. The van der Waals surface area contributed by atoms with Crippen LogP contribution in [0.2, 0.25) is 0 Å². The number of aromatic nitrogens is 1. The first-order chi connectivity index (χ1) is 5.24. The number of nitrogens with zero attached hydrogens (tertiary/aromatic N) is 1. The number of hydrogen-bond donors (Lipinski definition) is 1. The van der Waals surface area contributed by atoms with Crippen molar-refractivity contribution in [1.82, 2.24) is 5.16 Å². The predicted octanol–water partition coefficient (Wildman–Crippen LogP) is 1.33. The van der Waals surface area contributed by atoms with Gasteiger partial charge in [-0.2, -0.15) is 0 Å². The summed E-state index contributed by atoms with van der Waals surface area (Å²) < 4.78 is 4.81. The second-order valence-corrected chi connectivity index (χ2v) is 3.09. The van der Waals surface area contributed by atoms with E-state index in [0.29, 0.717) is 12.5 Å². The van der Waals surface area contributed by atoms with E-state index in [0.717, 1.165) is 17.7 Å². The largest absolute Gasteiger partial charge is 0.364 e. The summed E-state index contributed by atoms with van der Waals surface area (Å²) in [6.45, 7) is 4.79.